The highest BCUT2D eigenvalue weighted by Gasteiger charge is 2.26. The third kappa shape index (κ3) is 4.68. The lowest BCUT2D eigenvalue weighted by Crippen LogP contribution is -2.37. The predicted molar refractivity (Wildman–Crippen MR) is 76.7 cm³/mol. The zero-order valence-corrected chi connectivity index (χ0v) is 12.0. The first-order chi connectivity index (χ1) is 9.54. The van der Waals surface area contributed by atoms with Crippen molar-refractivity contribution in [3.05, 3.63) is 29.8 Å². The van der Waals surface area contributed by atoms with Crippen molar-refractivity contribution in [1.29, 1.82) is 0 Å². The Balaban J connectivity index is 1.82. The zero-order valence-electron chi connectivity index (χ0n) is 12.0. The van der Waals surface area contributed by atoms with E-state index >= 15 is 0 Å². The fraction of sp³-hybridized carbons (Fsp3) is 0.500. The number of carbonyl (C=O) groups is 2. The second-order valence-electron chi connectivity index (χ2n) is 5.39. The third-order valence-electron chi connectivity index (χ3n) is 3.29. The zero-order chi connectivity index (χ0) is 14.5. The number of benzene rings is 1. The van der Waals surface area contributed by atoms with Gasteiger partial charge in [-0.3, -0.25) is 4.79 Å². The van der Waals surface area contributed by atoms with Gasteiger partial charge in [-0.2, -0.15) is 0 Å². The third-order valence-corrected chi connectivity index (χ3v) is 3.29. The van der Waals surface area contributed by atoms with Crippen molar-refractivity contribution < 1.29 is 14.3 Å². The molecule has 4 nitrogen and oxygen atoms in total. The van der Waals surface area contributed by atoms with E-state index in [-0.39, 0.29) is 11.7 Å². The van der Waals surface area contributed by atoms with Gasteiger partial charge >= 0.3 is 0 Å². The van der Waals surface area contributed by atoms with Crippen LogP contribution in [0.4, 0.5) is 0 Å². The average molecular weight is 275 g/mol. The summed E-state index contributed by atoms with van der Waals surface area (Å²) < 4.78 is 5.61. The van der Waals surface area contributed by atoms with E-state index in [0.29, 0.717) is 18.2 Å². The summed E-state index contributed by atoms with van der Waals surface area (Å²) in [5.74, 6) is 0.805. The van der Waals surface area contributed by atoms with E-state index < -0.39 is 6.10 Å². The summed E-state index contributed by atoms with van der Waals surface area (Å²) >= 11 is 0. The lowest BCUT2D eigenvalue weighted by Gasteiger charge is -2.14. The first-order valence-electron chi connectivity index (χ1n) is 7.10. The second-order valence-corrected chi connectivity index (χ2v) is 5.39. The molecule has 1 saturated carbocycles. The highest BCUT2D eigenvalue weighted by molar-refractivity contribution is 5.81. The second kappa shape index (κ2) is 6.55. The van der Waals surface area contributed by atoms with E-state index in [9.17, 15) is 9.59 Å². The topological polar surface area (TPSA) is 55.4 Å². The minimum Gasteiger partial charge on any atom is -0.481 e. The van der Waals surface area contributed by atoms with Crippen LogP contribution in [0.15, 0.2) is 24.3 Å². The van der Waals surface area contributed by atoms with Crippen LogP contribution in [0.3, 0.4) is 0 Å². The van der Waals surface area contributed by atoms with Gasteiger partial charge in [0.15, 0.2) is 6.10 Å². The Morgan fingerprint density at radius 2 is 1.95 bits per heavy atom. The summed E-state index contributed by atoms with van der Waals surface area (Å²) in [5, 5.41) is 2.92. The molecular formula is C16H21NO3. The van der Waals surface area contributed by atoms with Gasteiger partial charge in [-0.15, -0.1) is 0 Å². The predicted octanol–water partition coefficient (Wildman–Crippen LogP) is 2.25. The van der Waals surface area contributed by atoms with Crippen molar-refractivity contribution in [2.24, 2.45) is 0 Å². The molecule has 0 aromatic heterocycles. The molecule has 0 heterocycles. The van der Waals surface area contributed by atoms with E-state index in [1.54, 1.807) is 13.8 Å². The minimum atomic E-state index is -0.487. The van der Waals surface area contributed by atoms with Gasteiger partial charge in [-0.05, 0) is 50.8 Å². The molecule has 4 heteroatoms. The van der Waals surface area contributed by atoms with E-state index in [2.05, 4.69) is 5.32 Å². The van der Waals surface area contributed by atoms with E-state index in [4.69, 9.17) is 4.74 Å². The SMILES string of the molecule is CC(=O)CCc1ccc(OC(C)C(=O)NC2CC2)cc1. The van der Waals surface area contributed by atoms with Crippen LogP contribution < -0.4 is 10.1 Å². The van der Waals surface area contributed by atoms with Crippen molar-refractivity contribution >= 4 is 11.7 Å². The lowest BCUT2D eigenvalue weighted by molar-refractivity contribution is -0.127. The summed E-state index contributed by atoms with van der Waals surface area (Å²) in [6.07, 6.45) is 2.96. The quantitative estimate of drug-likeness (QED) is 0.830. The van der Waals surface area contributed by atoms with Gasteiger partial charge in [0.05, 0.1) is 0 Å². The number of rotatable bonds is 7. The number of hydrogen-bond acceptors (Lipinski definition) is 3. The number of carbonyl (C=O) groups excluding carboxylic acids is 2. The molecule has 108 valence electrons. The largest absolute Gasteiger partial charge is 0.481 e. The Morgan fingerprint density at radius 1 is 1.30 bits per heavy atom. The van der Waals surface area contributed by atoms with Crippen LogP contribution in [0.5, 0.6) is 5.75 Å². The monoisotopic (exact) mass is 275 g/mol. The van der Waals surface area contributed by atoms with Gasteiger partial charge < -0.3 is 14.8 Å². The van der Waals surface area contributed by atoms with Crippen molar-refractivity contribution in [3.63, 3.8) is 0 Å². The number of aryl methyl sites for hydroxylation is 1. The molecule has 1 aliphatic rings. The molecule has 2 rings (SSSR count). The number of ketones is 1. The van der Waals surface area contributed by atoms with Gasteiger partial charge in [-0.25, -0.2) is 0 Å². The van der Waals surface area contributed by atoms with E-state index in [1.807, 2.05) is 24.3 Å². The first-order valence-corrected chi connectivity index (χ1v) is 7.10. The molecule has 20 heavy (non-hydrogen) atoms. The molecule has 0 bridgehead atoms. The standard InChI is InChI=1S/C16H21NO3/c1-11(18)3-4-13-5-9-15(10-6-13)20-12(2)16(19)17-14-7-8-14/h5-6,9-10,12,14H,3-4,7-8H2,1-2H3,(H,17,19). The molecule has 1 aromatic rings. The van der Waals surface area contributed by atoms with Gasteiger partial charge in [-0.1, -0.05) is 12.1 Å². The first kappa shape index (κ1) is 14.6. The van der Waals surface area contributed by atoms with E-state index in [1.165, 1.54) is 0 Å². The Bertz CT molecular complexity index is 477. The smallest absolute Gasteiger partial charge is 0.260 e. The fourth-order valence-corrected chi connectivity index (χ4v) is 1.86. The molecule has 0 spiro atoms. The number of hydrogen-bond donors (Lipinski definition) is 1. The summed E-state index contributed by atoms with van der Waals surface area (Å²) in [7, 11) is 0. The molecule has 0 saturated heterocycles. The summed E-state index contributed by atoms with van der Waals surface area (Å²) in [6.45, 7) is 3.35. The molecular weight excluding hydrogens is 254 g/mol. The van der Waals surface area contributed by atoms with Gasteiger partial charge in [0.2, 0.25) is 0 Å². The number of Topliss-reactive ketones (excluding diaryl/α,β-unsaturated/α-hetero) is 1. The number of nitrogens with one attached hydrogen (secondary N) is 1. The van der Waals surface area contributed by atoms with E-state index in [0.717, 1.165) is 24.8 Å². The van der Waals surface area contributed by atoms with Crippen molar-refractivity contribution in [2.45, 2.75) is 51.7 Å². The Kier molecular flexibility index (Phi) is 4.77. The number of ether oxygens (including phenoxy) is 1. The Hall–Kier alpha value is -1.84. The van der Waals surface area contributed by atoms with Crippen LogP contribution in [-0.4, -0.2) is 23.8 Å². The fourth-order valence-electron chi connectivity index (χ4n) is 1.86. The van der Waals surface area contributed by atoms with Gasteiger partial charge in [0.25, 0.3) is 5.91 Å². The van der Waals surface area contributed by atoms with Gasteiger partial charge in [0.1, 0.15) is 11.5 Å². The molecule has 0 radical (unpaired) electrons. The molecule has 1 atom stereocenters. The van der Waals surface area contributed by atoms with Crippen LogP contribution in [0.2, 0.25) is 0 Å². The molecule has 1 amide bonds. The normalized spacial score (nSPS) is 15.5. The summed E-state index contributed by atoms with van der Waals surface area (Å²) in [6, 6.07) is 7.91. The molecule has 1 aromatic carbocycles. The van der Waals surface area contributed by atoms with Crippen molar-refractivity contribution in [3.8, 4) is 5.75 Å². The Labute approximate surface area is 119 Å². The van der Waals surface area contributed by atoms with Gasteiger partial charge in [0, 0.05) is 12.5 Å². The van der Waals surface area contributed by atoms with Crippen LogP contribution in [0, 0.1) is 0 Å². The minimum absolute atomic E-state index is 0.0619. The van der Waals surface area contributed by atoms with Crippen LogP contribution >= 0.6 is 0 Å². The summed E-state index contributed by atoms with van der Waals surface area (Å²) in [4.78, 5) is 22.7. The molecule has 0 aliphatic heterocycles. The number of amides is 1. The maximum atomic E-state index is 11.8. The van der Waals surface area contributed by atoms with Crippen LogP contribution in [0.25, 0.3) is 0 Å². The average Bonchev–Trinajstić information content (AvgIpc) is 3.21. The maximum absolute atomic E-state index is 11.8. The highest BCUT2D eigenvalue weighted by Crippen LogP contribution is 2.19. The maximum Gasteiger partial charge on any atom is 0.260 e. The molecule has 1 aliphatic carbocycles. The van der Waals surface area contributed by atoms with Crippen molar-refractivity contribution in [2.75, 3.05) is 0 Å². The van der Waals surface area contributed by atoms with Crippen molar-refractivity contribution in [1.82, 2.24) is 5.32 Å². The van der Waals surface area contributed by atoms with Crippen LogP contribution in [-0.2, 0) is 16.0 Å². The molecule has 1 N–H and O–H groups in total. The van der Waals surface area contributed by atoms with Crippen LogP contribution in [0.1, 0.15) is 38.7 Å². The molecule has 1 fully saturated rings. The molecule has 1 unspecified atom stereocenters. The summed E-state index contributed by atoms with van der Waals surface area (Å²) in [5.41, 5.74) is 1.10. The Morgan fingerprint density at radius 3 is 2.50 bits per heavy atom. The highest BCUT2D eigenvalue weighted by atomic mass is 16.5. The lowest BCUT2D eigenvalue weighted by atomic mass is 10.1.